The summed E-state index contributed by atoms with van der Waals surface area (Å²) in [5, 5.41) is 6.93. The van der Waals surface area contributed by atoms with E-state index in [1.165, 1.54) is 0 Å². The number of anilines is 3. The molecule has 2 N–H and O–H groups in total. The molecular weight excluding hydrogens is 376 g/mol. The van der Waals surface area contributed by atoms with Gasteiger partial charge < -0.3 is 20.1 Å². The molecule has 2 aliphatic heterocycles. The predicted octanol–water partition coefficient (Wildman–Crippen LogP) is 5.31. The Hall–Kier alpha value is -3.44. The molecule has 6 heteroatoms. The maximum atomic E-state index is 12.5. The van der Waals surface area contributed by atoms with E-state index < -0.39 is 0 Å². The van der Waals surface area contributed by atoms with E-state index in [4.69, 9.17) is 21.1 Å². The van der Waals surface area contributed by atoms with Crippen LogP contribution in [0.15, 0.2) is 60.7 Å². The molecule has 28 heavy (non-hydrogen) atoms. The highest BCUT2D eigenvalue weighted by Gasteiger charge is 2.24. The number of hydrogen-bond donors (Lipinski definition) is 2. The second-order valence-corrected chi connectivity index (χ2v) is 6.95. The minimum Gasteiger partial charge on any atom is -0.454 e. The van der Waals surface area contributed by atoms with Gasteiger partial charge in [0.05, 0.1) is 0 Å². The summed E-state index contributed by atoms with van der Waals surface area (Å²) >= 11 is 5.94. The first-order valence-electron chi connectivity index (χ1n) is 8.75. The van der Waals surface area contributed by atoms with Crippen molar-refractivity contribution in [2.75, 3.05) is 17.4 Å². The van der Waals surface area contributed by atoms with E-state index in [1.807, 2.05) is 66.7 Å². The van der Waals surface area contributed by atoms with Crippen LogP contribution >= 0.6 is 11.6 Å². The number of carbonyl (C=O) groups excluding carboxylic acids is 1. The molecule has 0 saturated carbocycles. The minimum atomic E-state index is -0.128. The Kier molecular flexibility index (Phi) is 3.95. The predicted molar refractivity (Wildman–Crippen MR) is 110 cm³/mol. The highest BCUT2D eigenvalue weighted by atomic mass is 35.5. The number of fused-ring (bicyclic) bond motifs is 2. The molecule has 0 fully saturated rings. The molecule has 0 saturated heterocycles. The van der Waals surface area contributed by atoms with Crippen molar-refractivity contribution in [3.05, 3.63) is 76.8 Å². The molecule has 2 aliphatic rings. The van der Waals surface area contributed by atoms with E-state index >= 15 is 0 Å². The van der Waals surface area contributed by atoms with E-state index in [0.29, 0.717) is 22.1 Å². The van der Waals surface area contributed by atoms with Crippen molar-refractivity contribution in [2.24, 2.45) is 0 Å². The Morgan fingerprint density at radius 3 is 2.57 bits per heavy atom. The summed E-state index contributed by atoms with van der Waals surface area (Å²) in [7, 11) is 0. The highest BCUT2D eigenvalue weighted by molar-refractivity contribution is 6.35. The second kappa shape index (κ2) is 6.62. The quantitative estimate of drug-likeness (QED) is 0.595. The van der Waals surface area contributed by atoms with Crippen molar-refractivity contribution in [1.82, 2.24) is 0 Å². The molecule has 0 radical (unpaired) electrons. The zero-order valence-electron chi connectivity index (χ0n) is 14.7. The number of nitrogens with one attached hydrogen (secondary N) is 2. The Morgan fingerprint density at radius 2 is 1.71 bits per heavy atom. The molecule has 5 nitrogen and oxygen atoms in total. The number of hydrogen-bond acceptors (Lipinski definition) is 4. The van der Waals surface area contributed by atoms with Gasteiger partial charge in [0.25, 0.3) is 5.91 Å². The van der Waals surface area contributed by atoms with Gasteiger partial charge >= 0.3 is 0 Å². The molecule has 2 heterocycles. The van der Waals surface area contributed by atoms with Crippen LogP contribution in [0.3, 0.4) is 0 Å². The Morgan fingerprint density at radius 1 is 0.929 bits per heavy atom. The molecule has 3 aromatic rings. The lowest BCUT2D eigenvalue weighted by Gasteiger charge is -2.08. The van der Waals surface area contributed by atoms with Crippen LogP contribution in [0.4, 0.5) is 17.1 Å². The Bertz CT molecular complexity index is 1120. The van der Waals surface area contributed by atoms with E-state index in [9.17, 15) is 4.79 Å². The summed E-state index contributed by atoms with van der Waals surface area (Å²) in [6, 6.07) is 18.9. The zero-order chi connectivity index (χ0) is 19.1. The number of benzene rings is 3. The molecule has 0 bridgehead atoms. The summed E-state index contributed by atoms with van der Waals surface area (Å²) in [5.74, 6) is 1.27. The van der Waals surface area contributed by atoms with E-state index in [1.54, 1.807) is 0 Å². The zero-order valence-corrected chi connectivity index (χ0v) is 15.4. The van der Waals surface area contributed by atoms with Crippen molar-refractivity contribution >= 4 is 46.2 Å². The maximum absolute atomic E-state index is 12.5. The first kappa shape index (κ1) is 16.7. The van der Waals surface area contributed by atoms with Crippen LogP contribution in [-0.4, -0.2) is 12.7 Å². The van der Waals surface area contributed by atoms with Gasteiger partial charge in [-0.3, -0.25) is 4.79 Å². The number of ether oxygens (including phenoxy) is 2. The lowest BCUT2D eigenvalue weighted by molar-refractivity contribution is -0.110. The number of rotatable bonds is 3. The molecule has 0 atom stereocenters. The van der Waals surface area contributed by atoms with Crippen molar-refractivity contribution in [3.8, 4) is 11.5 Å². The summed E-state index contributed by atoms with van der Waals surface area (Å²) in [6.45, 7) is 0.221. The fourth-order valence-electron chi connectivity index (χ4n) is 3.28. The van der Waals surface area contributed by atoms with Crippen LogP contribution in [0.5, 0.6) is 11.5 Å². The Balaban J connectivity index is 1.48. The summed E-state index contributed by atoms with van der Waals surface area (Å²) in [4.78, 5) is 12.5. The third-order valence-electron chi connectivity index (χ3n) is 4.64. The van der Waals surface area contributed by atoms with Gasteiger partial charge in [0.2, 0.25) is 6.79 Å². The largest absolute Gasteiger partial charge is 0.454 e. The molecule has 0 unspecified atom stereocenters. The molecule has 0 aromatic heterocycles. The van der Waals surface area contributed by atoms with Gasteiger partial charge in [0.1, 0.15) is 0 Å². The van der Waals surface area contributed by atoms with Crippen molar-refractivity contribution in [1.29, 1.82) is 0 Å². The van der Waals surface area contributed by atoms with Gasteiger partial charge in [-0.15, -0.1) is 0 Å². The van der Waals surface area contributed by atoms with Crippen molar-refractivity contribution in [2.45, 2.75) is 0 Å². The van der Waals surface area contributed by atoms with Gasteiger partial charge in [-0.1, -0.05) is 17.7 Å². The summed E-state index contributed by atoms with van der Waals surface area (Å²) < 4.78 is 10.8. The lowest BCUT2D eigenvalue weighted by Crippen LogP contribution is -2.03. The Labute approximate surface area is 166 Å². The van der Waals surface area contributed by atoms with Gasteiger partial charge in [-0.25, -0.2) is 0 Å². The molecule has 3 aromatic carbocycles. The van der Waals surface area contributed by atoms with Crippen molar-refractivity contribution in [3.63, 3.8) is 0 Å². The second-order valence-electron chi connectivity index (χ2n) is 6.52. The smallest absolute Gasteiger partial charge is 0.256 e. The van der Waals surface area contributed by atoms with Crippen molar-refractivity contribution < 1.29 is 14.3 Å². The van der Waals surface area contributed by atoms with Crippen LogP contribution in [0.25, 0.3) is 11.6 Å². The number of halogens is 1. The molecule has 0 spiro atoms. The average molecular weight is 391 g/mol. The van der Waals surface area contributed by atoms with Crippen LogP contribution in [0.1, 0.15) is 11.1 Å². The fourth-order valence-corrected chi connectivity index (χ4v) is 3.40. The van der Waals surface area contributed by atoms with Gasteiger partial charge in [0.15, 0.2) is 11.5 Å². The van der Waals surface area contributed by atoms with Gasteiger partial charge in [0, 0.05) is 33.2 Å². The molecule has 5 rings (SSSR count). The number of carbonyl (C=O) groups is 1. The van der Waals surface area contributed by atoms with Crippen LogP contribution in [0.2, 0.25) is 5.02 Å². The average Bonchev–Trinajstić information content (AvgIpc) is 3.28. The van der Waals surface area contributed by atoms with E-state index in [0.717, 1.165) is 28.2 Å². The monoisotopic (exact) mass is 390 g/mol. The fraction of sp³-hybridized carbons (Fsp3) is 0.0455. The third kappa shape index (κ3) is 3.06. The lowest BCUT2D eigenvalue weighted by atomic mass is 10.0. The van der Waals surface area contributed by atoms with E-state index in [2.05, 4.69) is 10.6 Å². The minimum absolute atomic E-state index is 0.128. The highest BCUT2D eigenvalue weighted by Crippen LogP contribution is 2.38. The first-order chi connectivity index (χ1) is 13.7. The SMILES string of the molecule is O=C1Nc2ccc(Nc3ccc(Cl)cc3)cc2/C1=C\c1ccc2c(c1)OCO2. The standard InChI is InChI=1S/C22H15ClN2O3/c23-14-2-4-15(5-3-14)24-16-6-7-19-17(11-16)18(22(26)25-19)9-13-1-8-20-21(10-13)28-12-27-20/h1-11,24H,12H2,(H,25,26)/b18-9+. The number of amides is 1. The normalized spacial score (nSPS) is 15.5. The summed E-state index contributed by atoms with van der Waals surface area (Å²) in [5.41, 5.74) is 4.92. The molecule has 0 aliphatic carbocycles. The third-order valence-corrected chi connectivity index (χ3v) is 4.90. The molecule has 1 amide bonds. The van der Waals surface area contributed by atoms with E-state index in [-0.39, 0.29) is 12.7 Å². The van der Waals surface area contributed by atoms with Gasteiger partial charge in [-0.05, 0) is 66.2 Å². The maximum Gasteiger partial charge on any atom is 0.256 e. The first-order valence-corrected chi connectivity index (χ1v) is 9.13. The van der Waals surface area contributed by atoms with Gasteiger partial charge in [-0.2, -0.15) is 0 Å². The molecular formula is C22H15ClN2O3. The van der Waals surface area contributed by atoms with Crippen LogP contribution in [-0.2, 0) is 4.79 Å². The topological polar surface area (TPSA) is 59.6 Å². The molecule has 138 valence electrons. The summed E-state index contributed by atoms with van der Waals surface area (Å²) in [6.07, 6.45) is 1.86. The van der Waals surface area contributed by atoms with Crippen LogP contribution < -0.4 is 20.1 Å². The van der Waals surface area contributed by atoms with Crippen LogP contribution in [0, 0.1) is 0 Å².